The number of alkyl halides is 2. The van der Waals surface area contributed by atoms with Gasteiger partial charge in [0.1, 0.15) is 0 Å². The van der Waals surface area contributed by atoms with E-state index in [4.69, 9.17) is 0 Å². The summed E-state index contributed by atoms with van der Waals surface area (Å²) in [5.41, 5.74) is -0.415. The Bertz CT molecular complexity index is 306. The van der Waals surface area contributed by atoms with Crippen LogP contribution in [0.3, 0.4) is 0 Å². The van der Waals surface area contributed by atoms with Crippen molar-refractivity contribution in [1.82, 2.24) is 4.57 Å². The van der Waals surface area contributed by atoms with Crippen LogP contribution < -0.4 is 5.56 Å². The fourth-order valence-electron chi connectivity index (χ4n) is 0.744. The highest BCUT2D eigenvalue weighted by Crippen LogP contribution is 2.15. The van der Waals surface area contributed by atoms with E-state index in [0.717, 1.165) is 22.9 Å². The molecule has 11 heavy (non-hydrogen) atoms. The van der Waals surface area contributed by atoms with Gasteiger partial charge in [-0.2, -0.15) is 0 Å². The van der Waals surface area contributed by atoms with E-state index in [9.17, 15) is 13.6 Å². The summed E-state index contributed by atoms with van der Waals surface area (Å²) in [7, 11) is 1.44. The lowest BCUT2D eigenvalue weighted by Gasteiger charge is -2.00. The van der Waals surface area contributed by atoms with Gasteiger partial charge in [0, 0.05) is 24.9 Å². The summed E-state index contributed by atoms with van der Waals surface area (Å²) in [5, 5.41) is 0. The lowest BCUT2D eigenvalue weighted by molar-refractivity contribution is 0.150. The third-order valence-electron chi connectivity index (χ3n) is 1.36. The average Bonchev–Trinajstić information content (AvgIpc) is 1.94. The van der Waals surface area contributed by atoms with Gasteiger partial charge >= 0.3 is 0 Å². The van der Waals surface area contributed by atoms with Crippen LogP contribution in [-0.4, -0.2) is 4.57 Å². The highest BCUT2D eigenvalue weighted by Gasteiger charge is 2.06. The molecular formula is C7H7F2NO. The summed E-state index contributed by atoms with van der Waals surface area (Å²) in [6, 6.07) is 2.26. The van der Waals surface area contributed by atoms with Gasteiger partial charge in [0.05, 0.1) is 0 Å². The fourth-order valence-corrected chi connectivity index (χ4v) is 0.744. The first-order valence-corrected chi connectivity index (χ1v) is 3.06. The minimum atomic E-state index is -2.51. The zero-order valence-corrected chi connectivity index (χ0v) is 5.92. The van der Waals surface area contributed by atoms with Crippen LogP contribution in [0.2, 0.25) is 0 Å². The van der Waals surface area contributed by atoms with Crippen molar-refractivity contribution in [2.75, 3.05) is 0 Å². The molecule has 1 aromatic heterocycles. The quantitative estimate of drug-likeness (QED) is 0.605. The van der Waals surface area contributed by atoms with Crippen molar-refractivity contribution in [2.24, 2.45) is 7.05 Å². The third-order valence-corrected chi connectivity index (χ3v) is 1.36. The van der Waals surface area contributed by atoms with Crippen LogP contribution in [0.15, 0.2) is 23.1 Å². The van der Waals surface area contributed by atoms with Gasteiger partial charge in [0.2, 0.25) is 5.56 Å². The van der Waals surface area contributed by atoms with Crippen LogP contribution in [0.25, 0.3) is 0 Å². The number of rotatable bonds is 1. The average molecular weight is 159 g/mol. The maximum atomic E-state index is 12.0. The van der Waals surface area contributed by atoms with Crippen LogP contribution in [0.1, 0.15) is 12.0 Å². The highest BCUT2D eigenvalue weighted by molar-refractivity contribution is 5.10. The smallest absolute Gasteiger partial charge is 0.265 e. The lowest BCUT2D eigenvalue weighted by atomic mass is 10.3. The molecule has 0 saturated carbocycles. The molecule has 0 aromatic carbocycles. The summed E-state index contributed by atoms with van der Waals surface area (Å²) in [5.74, 6) is 0. The highest BCUT2D eigenvalue weighted by atomic mass is 19.3. The van der Waals surface area contributed by atoms with E-state index in [2.05, 4.69) is 0 Å². The van der Waals surface area contributed by atoms with Crippen molar-refractivity contribution in [3.05, 3.63) is 34.2 Å². The Labute approximate surface area is 62.1 Å². The molecule has 1 rings (SSSR count). The van der Waals surface area contributed by atoms with E-state index in [-0.39, 0.29) is 11.1 Å². The Morgan fingerprint density at radius 3 is 2.55 bits per heavy atom. The number of nitrogens with zero attached hydrogens (tertiary/aromatic N) is 1. The minimum Gasteiger partial charge on any atom is -0.318 e. The molecule has 0 amide bonds. The second kappa shape index (κ2) is 2.82. The van der Waals surface area contributed by atoms with Gasteiger partial charge in [0.15, 0.2) is 0 Å². The Hall–Kier alpha value is -1.19. The summed E-state index contributed by atoms with van der Waals surface area (Å²) in [6.07, 6.45) is -1.38. The number of hydrogen-bond donors (Lipinski definition) is 0. The number of aromatic nitrogens is 1. The van der Waals surface area contributed by atoms with E-state index >= 15 is 0 Å². The van der Waals surface area contributed by atoms with Crippen molar-refractivity contribution in [3.63, 3.8) is 0 Å². The first-order chi connectivity index (χ1) is 5.11. The number of aryl methyl sites for hydroxylation is 1. The molecule has 0 saturated heterocycles. The van der Waals surface area contributed by atoms with Crippen LogP contribution in [0, 0.1) is 0 Å². The van der Waals surface area contributed by atoms with Crippen molar-refractivity contribution in [1.29, 1.82) is 0 Å². The van der Waals surface area contributed by atoms with E-state index in [1.54, 1.807) is 0 Å². The van der Waals surface area contributed by atoms with Crippen molar-refractivity contribution in [2.45, 2.75) is 6.43 Å². The Morgan fingerprint density at radius 2 is 2.09 bits per heavy atom. The van der Waals surface area contributed by atoms with Gasteiger partial charge in [-0.1, -0.05) is 0 Å². The molecule has 0 N–H and O–H groups in total. The Morgan fingerprint density at radius 1 is 1.45 bits per heavy atom. The SMILES string of the molecule is Cn1cc(C(F)F)ccc1=O. The van der Waals surface area contributed by atoms with Gasteiger partial charge in [-0.3, -0.25) is 4.79 Å². The molecule has 1 heterocycles. The fraction of sp³-hybridized carbons (Fsp3) is 0.286. The van der Waals surface area contributed by atoms with Gasteiger partial charge in [0.25, 0.3) is 6.43 Å². The van der Waals surface area contributed by atoms with Crippen LogP contribution >= 0.6 is 0 Å². The molecule has 4 heteroatoms. The zero-order chi connectivity index (χ0) is 8.43. The largest absolute Gasteiger partial charge is 0.318 e. The second-order valence-electron chi connectivity index (χ2n) is 2.21. The predicted octanol–water partition coefficient (Wildman–Crippen LogP) is 1.32. The molecule has 0 unspecified atom stereocenters. The molecule has 0 aliphatic heterocycles. The van der Waals surface area contributed by atoms with Crippen molar-refractivity contribution in [3.8, 4) is 0 Å². The first-order valence-electron chi connectivity index (χ1n) is 3.06. The molecular weight excluding hydrogens is 152 g/mol. The molecule has 60 valence electrons. The molecule has 0 fully saturated rings. The predicted molar refractivity (Wildman–Crippen MR) is 36.6 cm³/mol. The van der Waals surface area contributed by atoms with Crippen molar-refractivity contribution < 1.29 is 8.78 Å². The van der Waals surface area contributed by atoms with Gasteiger partial charge in [-0.25, -0.2) is 8.78 Å². The molecule has 0 spiro atoms. The van der Waals surface area contributed by atoms with Gasteiger partial charge in [-0.05, 0) is 6.07 Å². The van der Waals surface area contributed by atoms with Crippen LogP contribution in [0.5, 0.6) is 0 Å². The molecule has 2 nitrogen and oxygen atoms in total. The summed E-state index contributed by atoms with van der Waals surface area (Å²) in [6.45, 7) is 0. The summed E-state index contributed by atoms with van der Waals surface area (Å²) in [4.78, 5) is 10.7. The van der Waals surface area contributed by atoms with E-state index in [0.29, 0.717) is 0 Å². The molecule has 0 aliphatic carbocycles. The first kappa shape index (κ1) is 7.91. The monoisotopic (exact) mass is 159 g/mol. The standard InChI is InChI=1S/C7H7F2NO/c1-10-4-5(7(8)9)2-3-6(10)11/h2-4,7H,1H3. The lowest BCUT2D eigenvalue weighted by Crippen LogP contribution is -2.14. The van der Waals surface area contributed by atoms with E-state index in [1.165, 1.54) is 7.05 Å². The van der Waals surface area contributed by atoms with Crippen LogP contribution in [0.4, 0.5) is 8.78 Å². The van der Waals surface area contributed by atoms with Gasteiger partial charge in [-0.15, -0.1) is 0 Å². The molecule has 0 atom stereocenters. The molecule has 0 radical (unpaired) electrons. The summed E-state index contributed by atoms with van der Waals surface area (Å²) < 4.78 is 25.1. The number of halogens is 2. The van der Waals surface area contributed by atoms with Crippen LogP contribution in [-0.2, 0) is 7.05 Å². The Kier molecular flexibility index (Phi) is 2.03. The normalized spacial score (nSPS) is 10.5. The second-order valence-corrected chi connectivity index (χ2v) is 2.21. The van der Waals surface area contributed by atoms with Gasteiger partial charge < -0.3 is 4.57 Å². The number of hydrogen-bond acceptors (Lipinski definition) is 1. The van der Waals surface area contributed by atoms with E-state index < -0.39 is 6.43 Å². The summed E-state index contributed by atoms with van der Waals surface area (Å²) >= 11 is 0. The van der Waals surface area contributed by atoms with E-state index in [1.807, 2.05) is 0 Å². The van der Waals surface area contributed by atoms with Crippen molar-refractivity contribution >= 4 is 0 Å². The molecule has 0 bridgehead atoms. The molecule has 0 aliphatic rings. The Balaban J connectivity index is 3.15. The maximum Gasteiger partial charge on any atom is 0.265 e. The maximum absolute atomic E-state index is 12.0. The minimum absolute atomic E-state index is 0.132. The third kappa shape index (κ3) is 1.63. The zero-order valence-electron chi connectivity index (χ0n) is 5.92. The molecule has 1 aromatic rings. The number of pyridine rings is 1. The topological polar surface area (TPSA) is 22.0 Å².